The second-order valence-electron chi connectivity index (χ2n) is 10.5. The number of aromatic hydroxyl groups is 1. The number of piperazine rings is 1. The summed E-state index contributed by atoms with van der Waals surface area (Å²) in [6.45, 7) is 7.47. The van der Waals surface area contributed by atoms with Crippen molar-refractivity contribution in [3.8, 4) is 34.8 Å². The molecular formula is C29H32N4O7. The summed E-state index contributed by atoms with van der Waals surface area (Å²) in [5.74, 6) is 1.87. The predicted molar refractivity (Wildman–Crippen MR) is 143 cm³/mol. The van der Waals surface area contributed by atoms with Gasteiger partial charge in [0.2, 0.25) is 6.79 Å². The van der Waals surface area contributed by atoms with E-state index in [9.17, 15) is 15.2 Å². The van der Waals surface area contributed by atoms with Crippen molar-refractivity contribution in [1.82, 2.24) is 10.2 Å². The van der Waals surface area contributed by atoms with Gasteiger partial charge in [0.15, 0.2) is 23.0 Å². The average Bonchev–Trinajstić information content (AvgIpc) is 3.43. The molecule has 1 unspecified atom stereocenters. The first-order chi connectivity index (χ1) is 19.3. The molecule has 4 N–H and O–H groups in total. The highest BCUT2D eigenvalue weighted by atomic mass is 16.7. The minimum absolute atomic E-state index is 0.000986. The van der Waals surface area contributed by atoms with Gasteiger partial charge in [-0.1, -0.05) is 18.7 Å². The monoisotopic (exact) mass is 548 g/mol. The molecule has 1 fully saturated rings. The fraction of sp³-hybridized carbons (Fsp3) is 0.448. The van der Waals surface area contributed by atoms with Gasteiger partial charge >= 0.3 is 6.16 Å². The molecule has 4 aliphatic rings. The molecule has 40 heavy (non-hydrogen) atoms. The highest BCUT2D eigenvalue weighted by Crippen LogP contribution is 2.56. The second kappa shape index (κ2) is 9.89. The maximum atomic E-state index is 12.6. The Kier molecular flexibility index (Phi) is 6.49. The number of hydrogen-bond acceptors (Lipinski definition) is 11. The number of phenols is 1. The maximum absolute atomic E-state index is 12.6. The van der Waals surface area contributed by atoms with Crippen molar-refractivity contribution < 1.29 is 33.6 Å². The lowest BCUT2D eigenvalue weighted by atomic mass is 9.72. The summed E-state index contributed by atoms with van der Waals surface area (Å²) in [6.07, 6.45) is 1.53. The minimum Gasteiger partial charge on any atom is -0.504 e. The number of phenolic OH excluding ortho intramolecular Hbond substituents is 1. The molecule has 6 rings (SSSR count). The number of methoxy groups -OCH3 is 1. The van der Waals surface area contributed by atoms with E-state index in [4.69, 9.17) is 29.4 Å². The quantitative estimate of drug-likeness (QED) is 0.288. The van der Waals surface area contributed by atoms with Gasteiger partial charge in [-0.05, 0) is 37.8 Å². The third-order valence-electron chi connectivity index (χ3n) is 8.49. The van der Waals surface area contributed by atoms with Crippen molar-refractivity contribution in [2.24, 2.45) is 5.73 Å². The van der Waals surface area contributed by atoms with Gasteiger partial charge in [-0.25, -0.2) is 4.79 Å². The second-order valence-corrected chi connectivity index (χ2v) is 10.5. The molecule has 5 atom stereocenters. The van der Waals surface area contributed by atoms with Crippen LogP contribution in [0.15, 0.2) is 18.7 Å². The van der Waals surface area contributed by atoms with Crippen LogP contribution in [0.3, 0.4) is 0 Å². The molecule has 210 valence electrons. The Labute approximate surface area is 232 Å². The Hall–Kier alpha value is -3.98. The summed E-state index contributed by atoms with van der Waals surface area (Å²) in [6, 6.07) is 2.74. The number of ether oxygens (including phenoxy) is 5. The Bertz CT molecular complexity index is 1450. The Morgan fingerprint density at radius 1 is 1.30 bits per heavy atom. The van der Waals surface area contributed by atoms with Crippen molar-refractivity contribution in [2.75, 3.05) is 27.1 Å². The van der Waals surface area contributed by atoms with Gasteiger partial charge in [0, 0.05) is 40.9 Å². The normalized spacial score (nSPS) is 25.6. The topological polar surface area (TPSA) is 149 Å². The largest absolute Gasteiger partial charge is 0.514 e. The zero-order valence-electron chi connectivity index (χ0n) is 22.7. The van der Waals surface area contributed by atoms with Crippen LogP contribution >= 0.6 is 0 Å². The number of benzene rings is 2. The van der Waals surface area contributed by atoms with Crippen LogP contribution in [0, 0.1) is 25.2 Å². The summed E-state index contributed by atoms with van der Waals surface area (Å²) < 4.78 is 28.2. The van der Waals surface area contributed by atoms with E-state index in [2.05, 4.69) is 22.9 Å². The molecule has 0 radical (unpaired) electrons. The van der Waals surface area contributed by atoms with Crippen LogP contribution in [0.2, 0.25) is 0 Å². The first-order valence-electron chi connectivity index (χ1n) is 13.3. The Morgan fingerprint density at radius 2 is 2.08 bits per heavy atom. The van der Waals surface area contributed by atoms with Gasteiger partial charge in [-0.15, -0.1) is 0 Å². The molecule has 0 spiro atoms. The summed E-state index contributed by atoms with van der Waals surface area (Å²) in [7, 11) is 1.54. The van der Waals surface area contributed by atoms with Crippen LogP contribution in [0.1, 0.15) is 45.5 Å². The molecule has 2 aromatic rings. The lowest BCUT2D eigenvalue weighted by Gasteiger charge is -2.56. The smallest absolute Gasteiger partial charge is 0.504 e. The Balaban J connectivity index is 1.55. The first kappa shape index (κ1) is 26.3. The molecule has 0 aromatic heterocycles. The van der Waals surface area contributed by atoms with E-state index in [1.54, 1.807) is 6.92 Å². The van der Waals surface area contributed by atoms with E-state index < -0.39 is 18.2 Å². The van der Waals surface area contributed by atoms with Crippen LogP contribution in [0.4, 0.5) is 4.79 Å². The van der Waals surface area contributed by atoms with Gasteiger partial charge in [0.05, 0.1) is 25.3 Å². The van der Waals surface area contributed by atoms with Crippen LogP contribution in [-0.4, -0.2) is 61.3 Å². The fourth-order valence-electron chi connectivity index (χ4n) is 7.02. The number of rotatable bonds is 5. The molecule has 4 aliphatic heterocycles. The van der Waals surface area contributed by atoms with Crippen molar-refractivity contribution in [1.29, 1.82) is 5.26 Å². The van der Waals surface area contributed by atoms with Crippen LogP contribution in [0.5, 0.6) is 28.7 Å². The number of nitriles is 1. The zero-order valence-corrected chi connectivity index (χ0v) is 22.7. The van der Waals surface area contributed by atoms with Crippen LogP contribution < -0.4 is 30.0 Å². The standard InChI is InChI=1S/C29H32N4O7/c1-5-6-37-29(35)40-26-14(3)27-28(39-12-38-27)22-16(26)9-18-23-21-15(7-13(2)25(36-4)24(21)34)8-17(32-23)19(10-30)33(18)20(22)11-31/h5,7,17-20,23,32,34H,1,6,8-9,11-12,31H2,2-4H3/t17-,18?,19+,20+,23+/m1/s1. The summed E-state index contributed by atoms with van der Waals surface area (Å²) in [5.41, 5.74) is 11.1. The Morgan fingerprint density at radius 3 is 2.77 bits per heavy atom. The van der Waals surface area contributed by atoms with Crippen molar-refractivity contribution in [3.05, 3.63) is 52.1 Å². The first-order valence-corrected chi connectivity index (χ1v) is 13.3. The fourth-order valence-corrected chi connectivity index (χ4v) is 7.02. The number of carbonyl (C=O) groups excluding carboxylic acids is 1. The predicted octanol–water partition coefficient (Wildman–Crippen LogP) is 2.84. The van der Waals surface area contributed by atoms with Crippen LogP contribution in [0.25, 0.3) is 0 Å². The average molecular weight is 549 g/mol. The van der Waals surface area contributed by atoms with E-state index >= 15 is 0 Å². The molecule has 2 aromatic carbocycles. The number of fused-ring (bicyclic) bond motifs is 9. The molecule has 2 bridgehead atoms. The van der Waals surface area contributed by atoms with Crippen molar-refractivity contribution >= 4 is 6.16 Å². The van der Waals surface area contributed by atoms with E-state index in [1.807, 2.05) is 13.0 Å². The van der Waals surface area contributed by atoms with Gasteiger partial charge < -0.3 is 39.8 Å². The molecule has 0 amide bonds. The molecule has 1 saturated heterocycles. The molecule has 0 aliphatic carbocycles. The van der Waals surface area contributed by atoms with Crippen molar-refractivity contribution in [3.63, 3.8) is 0 Å². The van der Waals surface area contributed by atoms with Crippen molar-refractivity contribution in [2.45, 2.75) is 56.9 Å². The van der Waals surface area contributed by atoms with Gasteiger partial charge in [-0.3, -0.25) is 4.90 Å². The van der Waals surface area contributed by atoms with E-state index in [0.717, 1.165) is 27.8 Å². The lowest BCUT2D eigenvalue weighted by Crippen LogP contribution is -2.68. The molecule has 11 nitrogen and oxygen atoms in total. The summed E-state index contributed by atoms with van der Waals surface area (Å²) in [4.78, 5) is 14.8. The van der Waals surface area contributed by atoms with Gasteiger partial charge in [0.25, 0.3) is 0 Å². The number of nitrogens with one attached hydrogen (secondary N) is 1. The third kappa shape index (κ3) is 3.71. The minimum atomic E-state index is -0.867. The lowest BCUT2D eigenvalue weighted by molar-refractivity contribution is 0.00140. The highest BCUT2D eigenvalue weighted by Gasteiger charge is 2.54. The number of nitrogens with zero attached hydrogens (tertiary/aromatic N) is 2. The molecular weight excluding hydrogens is 516 g/mol. The van der Waals surface area contributed by atoms with Crippen LogP contribution in [-0.2, 0) is 17.6 Å². The van der Waals surface area contributed by atoms with Gasteiger partial charge in [-0.2, -0.15) is 5.26 Å². The SMILES string of the molecule is C=CCOC(=O)Oc1c(C)c2c(c3c1CC1[C@@H]4N[C@H](Cc5cc(C)c(OC)c(O)c54)[C@H](C#N)N1[C@H]3CN)OCO2. The zero-order chi connectivity index (χ0) is 28.3. The maximum Gasteiger partial charge on any atom is 0.514 e. The number of aryl methyl sites for hydroxylation is 1. The van der Waals surface area contributed by atoms with E-state index in [-0.39, 0.29) is 43.8 Å². The van der Waals surface area contributed by atoms with Gasteiger partial charge in [0.1, 0.15) is 18.4 Å². The van der Waals surface area contributed by atoms with E-state index in [0.29, 0.717) is 41.4 Å². The molecule has 4 heterocycles. The number of carbonyl (C=O) groups is 1. The summed E-state index contributed by atoms with van der Waals surface area (Å²) >= 11 is 0. The van der Waals surface area contributed by atoms with E-state index in [1.165, 1.54) is 13.2 Å². The third-order valence-corrected chi connectivity index (χ3v) is 8.49. The molecule has 11 heteroatoms. The number of hydrogen-bond donors (Lipinski definition) is 3. The summed E-state index contributed by atoms with van der Waals surface area (Å²) in [5, 5.41) is 25.5. The highest BCUT2D eigenvalue weighted by molar-refractivity contribution is 5.72. The molecule has 0 saturated carbocycles. The number of nitrogens with two attached hydrogens (primary N) is 1.